The third kappa shape index (κ3) is 2.88. The molecule has 1 heteroatoms. The SMILES string of the molecule is CC(=O)C1CC1c1ccc(/C=C/c2ccccc2)cc1. The molecular weight excluding hydrogens is 244 g/mol. The van der Waals surface area contributed by atoms with E-state index in [2.05, 4.69) is 48.6 Å². The molecule has 0 amide bonds. The summed E-state index contributed by atoms with van der Waals surface area (Å²) in [6, 6.07) is 18.8. The summed E-state index contributed by atoms with van der Waals surface area (Å²) >= 11 is 0. The number of hydrogen-bond acceptors (Lipinski definition) is 1. The molecule has 2 atom stereocenters. The average molecular weight is 262 g/mol. The van der Waals surface area contributed by atoms with E-state index >= 15 is 0 Å². The summed E-state index contributed by atoms with van der Waals surface area (Å²) in [4.78, 5) is 11.3. The van der Waals surface area contributed by atoms with Crippen molar-refractivity contribution in [3.8, 4) is 0 Å². The molecule has 1 nitrogen and oxygen atoms in total. The van der Waals surface area contributed by atoms with Gasteiger partial charge in [0.05, 0.1) is 0 Å². The van der Waals surface area contributed by atoms with Crippen LogP contribution in [0, 0.1) is 5.92 Å². The molecule has 100 valence electrons. The van der Waals surface area contributed by atoms with Crippen LogP contribution in [0.3, 0.4) is 0 Å². The van der Waals surface area contributed by atoms with E-state index in [9.17, 15) is 4.79 Å². The first-order valence-electron chi connectivity index (χ1n) is 7.07. The third-order valence-corrected chi connectivity index (χ3v) is 3.95. The lowest BCUT2D eigenvalue weighted by atomic mass is 10.0. The van der Waals surface area contributed by atoms with Gasteiger partial charge in [0.25, 0.3) is 0 Å². The second kappa shape index (κ2) is 5.46. The Bertz CT molecular complexity index is 623. The molecule has 0 spiro atoms. The topological polar surface area (TPSA) is 17.1 Å². The van der Waals surface area contributed by atoms with Gasteiger partial charge in [0.15, 0.2) is 0 Å². The van der Waals surface area contributed by atoms with Crippen molar-refractivity contribution in [1.29, 1.82) is 0 Å². The van der Waals surface area contributed by atoms with Crippen molar-refractivity contribution in [2.75, 3.05) is 0 Å². The summed E-state index contributed by atoms with van der Waals surface area (Å²) in [7, 11) is 0. The number of rotatable bonds is 4. The fourth-order valence-corrected chi connectivity index (χ4v) is 2.62. The summed E-state index contributed by atoms with van der Waals surface area (Å²) in [5, 5.41) is 0. The molecule has 0 saturated heterocycles. The Labute approximate surface area is 120 Å². The lowest BCUT2D eigenvalue weighted by molar-refractivity contribution is -0.118. The van der Waals surface area contributed by atoms with Gasteiger partial charge in [0.2, 0.25) is 0 Å². The normalized spacial score (nSPS) is 21.1. The Hall–Kier alpha value is -2.15. The van der Waals surface area contributed by atoms with Gasteiger partial charge < -0.3 is 0 Å². The molecule has 2 aromatic rings. The van der Waals surface area contributed by atoms with Gasteiger partial charge in [-0.1, -0.05) is 66.7 Å². The maximum atomic E-state index is 11.3. The summed E-state index contributed by atoms with van der Waals surface area (Å²) in [6.07, 6.45) is 5.26. The minimum absolute atomic E-state index is 0.265. The second-order valence-corrected chi connectivity index (χ2v) is 5.47. The van der Waals surface area contributed by atoms with Gasteiger partial charge in [0.1, 0.15) is 5.78 Å². The van der Waals surface area contributed by atoms with Crippen molar-refractivity contribution in [2.45, 2.75) is 19.3 Å². The van der Waals surface area contributed by atoms with Crippen LogP contribution in [0.2, 0.25) is 0 Å². The van der Waals surface area contributed by atoms with Crippen molar-refractivity contribution < 1.29 is 4.79 Å². The van der Waals surface area contributed by atoms with Gasteiger partial charge in [-0.2, -0.15) is 0 Å². The first-order valence-corrected chi connectivity index (χ1v) is 7.07. The Balaban J connectivity index is 1.68. The highest BCUT2D eigenvalue weighted by atomic mass is 16.1. The zero-order valence-corrected chi connectivity index (χ0v) is 11.6. The fraction of sp³-hybridized carbons (Fsp3) is 0.211. The molecule has 0 aromatic heterocycles. The standard InChI is InChI=1S/C19H18O/c1-14(20)18-13-19(18)17-11-9-16(10-12-17)8-7-15-5-3-2-4-6-15/h2-12,18-19H,13H2,1H3/b8-7+. The van der Waals surface area contributed by atoms with Gasteiger partial charge >= 0.3 is 0 Å². The lowest BCUT2D eigenvalue weighted by Gasteiger charge is -2.00. The van der Waals surface area contributed by atoms with E-state index in [-0.39, 0.29) is 5.92 Å². The van der Waals surface area contributed by atoms with E-state index in [1.54, 1.807) is 6.92 Å². The Morgan fingerprint density at radius 1 is 0.950 bits per heavy atom. The zero-order chi connectivity index (χ0) is 13.9. The predicted octanol–water partition coefficient (Wildman–Crippen LogP) is 4.55. The second-order valence-electron chi connectivity index (χ2n) is 5.47. The molecular formula is C19H18O. The summed E-state index contributed by atoms with van der Waals surface area (Å²) in [5.74, 6) is 1.04. The number of Topliss-reactive ketones (excluding diaryl/α,β-unsaturated/α-hetero) is 1. The third-order valence-electron chi connectivity index (χ3n) is 3.95. The van der Waals surface area contributed by atoms with Gasteiger partial charge in [-0.05, 0) is 36.0 Å². The van der Waals surface area contributed by atoms with Crippen molar-refractivity contribution in [3.63, 3.8) is 0 Å². The molecule has 0 heterocycles. The van der Waals surface area contributed by atoms with E-state index in [1.807, 2.05) is 18.2 Å². The maximum Gasteiger partial charge on any atom is 0.133 e. The van der Waals surface area contributed by atoms with E-state index in [0.29, 0.717) is 11.7 Å². The number of ketones is 1. The first kappa shape index (κ1) is 12.9. The molecule has 1 saturated carbocycles. The minimum Gasteiger partial charge on any atom is -0.300 e. The molecule has 3 rings (SSSR count). The Kier molecular flexibility index (Phi) is 3.51. The molecule has 20 heavy (non-hydrogen) atoms. The minimum atomic E-state index is 0.265. The van der Waals surface area contributed by atoms with Gasteiger partial charge in [-0.3, -0.25) is 4.79 Å². The highest BCUT2D eigenvalue weighted by Gasteiger charge is 2.41. The number of hydrogen-bond donors (Lipinski definition) is 0. The van der Waals surface area contributed by atoms with Crippen LogP contribution in [0.25, 0.3) is 12.2 Å². The van der Waals surface area contributed by atoms with Crippen LogP contribution in [0.5, 0.6) is 0 Å². The van der Waals surface area contributed by atoms with E-state index in [0.717, 1.165) is 6.42 Å². The van der Waals surface area contributed by atoms with Gasteiger partial charge in [-0.15, -0.1) is 0 Å². The van der Waals surface area contributed by atoms with Gasteiger partial charge in [0, 0.05) is 5.92 Å². The number of carbonyl (C=O) groups excluding carboxylic acids is 1. The van der Waals surface area contributed by atoms with E-state index < -0.39 is 0 Å². The molecule has 0 N–H and O–H groups in total. The summed E-state index contributed by atoms with van der Waals surface area (Å²) in [6.45, 7) is 1.70. The Morgan fingerprint density at radius 2 is 1.55 bits per heavy atom. The van der Waals surface area contributed by atoms with Crippen LogP contribution in [-0.2, 0) is 4.79 Å². The van der Waals surface area contributed by atoms with Crippen molar-refractivity contribution in [1.82, 2.24) is 0 Å². The number of carbonyl (C=O) groups is 1. The molecule has 1 fully saturated rings. The summed E-state index contributed by atoms with van der Waals surface area (Å²) in [5.41, 5.74) is 3.69. The number of benzene rings is 2. The highest BCUT2D eigenvalue weighted by Crippen LogP contribution is 2.47. The van der Waals surface area contributed by atoms with Crippen LogP contribution >= 0.6 is 0 Å². The summed E-state index contributed by atoms with van der Waals surface area (Å²) < 4.78 is 0. The van der Waals surface area contributed by atoms with Crippen LogP contribution < -0.4 is 0 Å². The molecule has 1 aliphatic rings. The van der Waals surface area contributed by atoms with Crippen LogP contribution in [0.1, 0.15) is 36.0 Å². The zero-order valence-electron chi connectivity index (χ0n) is 11.6. The quantitative estimate of drug-likeness (QED) is 0.739. The van der Waals surface area contributed by atoms with E-state index in [1.165, 1.54) is 16.7 Å². The average Bonchev–Trinajstić information content (AvgIpc) is 3.27. The first-order chi connectivity index (χ1) is 9.74. The molecule has 0 aliphatic heterocycles. The maximum absolute atomic E-state index is 11.3. The van der Waals surface area contributed by atoms with Crippen LogP contribution in [0.15, 0.2) is 54.6 Å². The largest absolute Gasteiger partial charge is 0.300 e. The molecule has 2 unspecified atom stereocenters. The highest BCUT2D eigenvalue weighted by molar-refractivity contribution is 5.82. The van der Waals surface area contributed by atoms with Crippen LogP contribution in [-0.4, -0.2) is 5.78 Å². The molecule has 1 aliphatic carbocycles. The molecule has 2 aromatic carbocycles. The van der Waals surface area contributed by atoms with Gasteiger partial charge in [-0.25, -0.2) is 0 Å². The van der Waals surface area contributed by atoms with Crippen molar-refractivity contribution in [3.05, 3.63) is 71.3 Å². The molecule has 0 radical (unpaired) electrons. The molecule has 0 bridgehead atoms. The smallest absolute Gasteiger partial charge is 0.133 e. The predicted molar refractivity (Wildman–Crippen MR) is 83.3 cm³/mol. The van der Waals surface area contributed by atoms with Crippen molar-refractivity contribution in [2.24, 2.45) is 5.92 Å². The van der Waals surface area contributed by atoms with E-state index in [4.69, 9.17) is 0 Å². The fourth-order valence-electron chi connectivity index (χ4n) is 2.62. The van der Waals surface area contributed by atoms with Crippen molar-refractivity contribution >= 4 is 17.9 Å². The van der Waals surface area contributed by atoms with Crippen LogP contribution in [0.4, 0.5) is 0 Å². The Morgan fingerprint density at radius 3 is 2.10 bits per heavy atom. The lowest BCUT2D eigenvalue weighted by Crippen LogP contribution is -1.94. The monoisotopic (exact) mass is 262 g/mol.